The predicted octanol–water partition coefficient (Wildman–Crippen LogP) is 4.29. The number of hydrogen-bond acceptors (Lipinski definition) is 3. The van der Waals surface area contributed by atoms with Gasteiger partial charge in [-0.15, -0.1) is 11.3 Å². The Bertz CT molecular complexity index is 746. The first kappa shape index (κ1) is 18.6. The maximum absolute atomic E-state index is 12.5. The highest BCUT2D eigenvalue weighted by Gasteiger charge is 2.17. The fourth-order valence-corrected chi connectivity index (χ4v) is 4.19. The van der Waals surface area contributed by atoms with Crippen LogP contribution in [0.5, 0.6) is 0 Å². The van der Waals surface area contributed by atoms with Gasteiger partial charge in [-0.25, -0.2) is 0 Å². The average Bonchev–Trinajstić information content (AvgIpc) is 3.13. The molecule has 0 radical (unpaired) electrons. The molecule has 1 aromatic carbocycles. The van der Waals surface area contributed by atoms with Gasteiger partial charge >= 0.3 is 0 Å². The first-order valence-electron chi connectivity index (χ1n) is 9.35. The summed E-state index contributed by atoms with van der Waals surface area (Å²) >= 11 is 1.43. The van der Waals surface area contributed by atoms with Crippen molar-refractivity contribution in [2.75, 3.05) is 6.54 Å². The lowest BCUT2D eigenvalue weighted by atomic mass is 9.95. The van der Waals surface area contributed by atoms with Crippen molar-refractivity contribution in [1.82, 2.24) is 10.6 Å². The Balaban J connectivity index is 1.50. The van der Waals surface area contributed by atoms with Gasteiger partial charge in [0.25, 0.3) is 5.91 Å². The fraction of sp³-hybridized carbons (Fsp3) is 0.429. The Labute approximate surface area is 159 Å². The highest BCUT2D eigenvalue weighted by Crippen LogP contribution is 2.28. The quantitative estimate of drug-likeness (QED) is 0.797. The fourth-order valence-electron chi connectivity index (χ4n) is 3.36. The van der Waals surface area contributed by atoms with Crippen LogP contribution >= 0.6 is 11.3 Å². The summed E-state index contributed by atoms with van der Waals surface area (Å²) in [5.74, 6) is -0.0804. The number of aryl methyl sites for hydroxylation is 1. The summed E-state index contributed by atoms with van der Waals surface area (Å²) in [6.45, 7) is 2.41. The second-order valence-electron chi connectivity index (χ2n) is 6.94. The van der Waals surface area contributed by atoms with E-state index in [0.29, 0.717) is 23.9 Å². The van der Waals surface area contributed by atoms with Crippen LogP contribution < -0.4 is 10.6 Å². The van der Waals surface area contributed by atoms with Gasteiger partial charge in [-0.05, 0) is 36.8 Å². The second kappa shape index (κ2) is 8.99. The maximum Gasteiger partial charge on any atom is 0.262 e. The molecule has 1 saturated carbocycles. The molecule has 1 heterocycles. The van der Waals surface area contributed by atoms with Gasteiger partial charge in [0.15, 0.2) is 0 Å². The minimum Gasteiger partial charge on any atom is -0.353 e. The number of benzene rings is 1. The number of hydrogen-bond donors (Lipinski definition) is 2. The molecular formula is C21H26N2O2S. The van der Waals surface area contributed by atoms with Crippen LogP contribution in [0.2, 0.25) is 0 Å². The summed E-state index contributed by atoms with van der Waals surface area (Å²) in [7, 11) is 0. The maximum atomic E-state index is 12.5. The van der Waals surface area contributed by atoms with Crippen LogP contribution in [0.1, 0.15) is 53.8 Å². The minimum absolute atomic E-state index is 0.0298. The summed E-state index contributed by atoms with van der Waals surface area (Å²) in [6.07, 6.45) is 6.14. The smallest absolute Gasteiger partial charge is 0.262 e. The van der Waals surface area contributed by atoms with Crippen molar-refractivity contribution in [3.63, 3.8) is 0 Å². The number of amides is 2. The van der Waals surface area contributed by atoms with Gasteiger partial charge in [-0.2, -0.15) is 0 Å². The molecule has 5 heteroatoms. The summed E-state index contributed by atoms with van der Waals surface area (Å²) in [4.78, 5) is 25.2. The second-order valence-corrected chi connectivity index (χ2v) is 7.85. The van der Waals surface area contributed by atoms with Crippen molar-refractivity contribution in [2.24, 2.45) is 0 Å². The van der Waals surface area contributed by atoms with E-state index in [9.17, 15) is 9.59 Å². The van der Waals surface area contributed by atoms with E-state index in [1.807, 2.05) is 42.6 Å². The van der Waals surface area contributed by atoms with Crippen molar-refractivity contribution < 1.29 is 9.59 Å². The molecule has 3 rings (SSSR count). The molecule has 0 aliphatic heterocycles. The third kappa shape index (κ3) is 4.94. The molecule has 0 bridgehead atoms. The van der Waals surface area contributed by atoms with Crippen LogP contribution in [-0.4, -0.2) is 24.4 Å². The number of carbonyl (C=O) groups excluding carboxylic acids is 2. The summed E-state index contributed by atoms with van der Waals surface area (Å²) in [5.41, 5.74) is 3.18. The standard InChI is InChI=1S/C21H26N2O2S/c1-15-7-9-16(10-8-15)18-12-14-26-20(18)21(25)22-13-11-19(24)23-17-5-3-2-4-6-17/h7-10,12,14,17H,2-6,11,13H2,1H3,(H,22,25)(H,23,24). The van der Waals surface area contributed by atoms with E-state index in [4.69, 9.17) is 0 Å². The van der Waals surface area contributed by atoms with Gasteiger partial charge in [0, 0.05) is 24.6 Å². The highest BCUT2D eigenvalue weighted by atomic mass is 32.1. The van der Waals surface area contributed by atoms with Gasteiger partial charge < -0.3 is 10.6 Å². The lowest BCUT2D eigenvalue weighted by Crippen LogP contribution is -2.38. The summed E-state index contributed by atoms with van der Waals surface area (Å²) in [6, 6.07) is 10.4. The van der Waals surface area contributed by atoms with E-state index in [1.165, 1.54) is 36.2 Å². The van der Waals surface area contributed by atoms with Crippen molar-refractivity contribution in [3.05, 3.63) is 46.2 Å². The third-order valence-electron chi connectivity index (χ3n) is 4.84. The van der Waals surface area contributed by atoms with E-state index < -0.39 is 0 Å². The molecule has 1 aromatic heterocycles. The number of rotatable bonds is 6. The van der Waals surface area contributed by atoms with Gasteiger partial charge in [0.2, 0.25) is 5.91 Å². The van der Waals surface area contributed by atoms with E-state index >= 15 is 0 Å². The molecule has 4 nitrogen and oxygen atoms in total. The zero-order valence-electron chi connectivity index (χ0n) is 15.2. The summed E-state index contributed by atoms with van der Waals surface area (Å²) in [5, 5.41) is 7.90. The van der Waals surface area contributed by atoms with Crippen LogP contribution in [0, 0.1) is 6.92 Å². The topological polar surface area (TPSA) is 58.2 Å². The molecule has 138 valence electrons. The molecule has 0 spiro atoms. The van der Waals surface area contributed by atoms with Crippen molar-refractivity contribution in [1.29, 1.82) is 0 Å². The van der Waals surface area contributed by atoms with Gasteiger partial charge in [0.1, 0.15) is 0 Å². The Kier molecular flexibility index (Phi) is 6.45. The zero-order valence-corrected chi connectivity index (χ0v) is 16.0. The molecule has 1 aliphatic carbocycles. The molecule has 1 aliphatic rings. The Morgan fingerprint density at radius 1 is 1.08 bits per heavy atom. The molecule has 26 heavy (non-hydrogen) atoms. The number of carbonyl (C=O) groups is 2. The molecule has 0 saturated heterocycles. The first-order valence-corrected chi connectivity index (χ1v) is 10.2. The van der Waals surface area contributed by atoms with Crippen LogP contribution in [0.3, 0.4) is 0 Å². The van der Waals surface area contributed by atoms with Gasteiger partial charge in [0.05, 0.1) is 4.88 Å². The van der Waals surface area contributed by atoms with Crippen molar-refractivity contribution in [2.45, 2.75) is 51.5 Å². The van der Waals surface area contributed by atoms with E-state index in [-0.39, 0.29) is 11.8 Å². The largest absolute Gasteiger partial charge is 0.353 e. The molecule has 2 amide bonds. The SMILES string of the molecule is Cc1ccc(-c2ccsc2C(=O)NCCC(=O)NC2CCCCC2)cc1. The normalized spacial score (nSPS) is 14.8. The predicted molar refractivity (Wildman–Crippen MR) is 106 cm³/mol. The van der Waals surface area contributed by atoms with Crippen LogP contribution in [0.25, 0.3) is 11.1 Å². The lowest BCUT2D eigenvalue weighted by Gasteiger charge is -2.22. The molecule has 0 atom stereocenters. The van der Waals surface area contributed by atoms with Gasteiger partial charge in [-0.3, -0.25) is 9.59 Å². The molecule has 1 fully saturated rings. The minimum atomic E-state index is -0.110. The molecule has 2 N–H and O–H groups in total. The Morgan fingerprint density at radius 3 is 2.54 bits per heavy atom. The van der Waals surface area contributed by atoms with Crippen molar-refractivity contribution >= 4 is 23.2 Å². The average molecular weight is 371 g/mol. The first-order chi connectivity index (χ1) is 12.6. The molecular weight excluding hydrogens is 344 g/mol. The third-order valence-corrected chi connectivity index (χ3v) is 5.76. The molecule has 0 unspecified atom stereocenters. The highest BCUT2D eigenvalue weighted by molar-refractivity contribution is 7.12. The summed E-state index contributed by atoms with van der Waals surface area (Å²) < 4.78 is 0. The van der Waals surface area contributed by atoms with Crippen molar-refractivity contribution in [3.8, 4) is 11.1 Å². The van der Waals surface area contributed by atoms with Gasteiger partial charge in [-0.1, -0.05) is 49.1 Å². The number of thiophene rings is 1. The Hall–Kier alpha value is -2.14. The monoisotopic (exact) mass is 370 g/mol. The van der Waals surface area contributed by atoms with Crippen LogP contribution in [0.4, 0.5) is 0 Å². The van der Waals surface area contributed by atoms with Crippen LogP contribution in [0.15, 0.2) is 35.7 Å². The van der Waals surface area contributed by atoms with E-state index in [0.717, 1.165) is 24.0 Å². The lowest BCUT2D eigenvalue weighted by molar-refractivity contribution is -0.121. The Morgan fingerprint density at radius 2 is 1.81 bits per heavy atom. The van der Waals surface area contributed by atoms with E-state index in [1.54, 1.807) is 0 Å². The van der Waals surface area contributed by atoms with E-state index in [2.05, 4.69) is 10.6 Å². The number of nitrogens with one attached hydrogen (secondary N) is 2. The zero-order chi connectivity index (χ0) is 18.4. The molecule has 2 aromatic rings. The van der Waals surface area contributed by atoms with Crippen LogP contribution in [-0.2, 0) is 4.79 Å².